The van der Waals surface area contributed by atoms with Gasteiger partial charge >= 0.3 is 31.7 Å². The number of hydrogen-bond donors (Lipinski definition) is 10. The third-order valence-electron chi connectivity index (χ3n) is 23.3. The van der Waals surface area contributed by atoms with Crippen molar-refractivity contribution in [1.29, 1.82) is 0 Å². The number of phosphoric ester groups is 1. The fraction of sp³-hybridized carbons (Fsp3) is 0.934. The van der Waals surface area contributed by atoms with Crippen LogP contribution >= 0.6 is 7.82 Å². The van der Waals surface area contributed by atoms with Crippen LogP contribution in [0.5, 0.6) is 0 Å². The maximum Gasteiger partial charge on any atom is 0.472 e. The molecule has 3 fully saturated rings. The highest BCUT2D eigenvalue weighted by Crippen LogP contribution is 2.49. The Morgan fingerprint density at radius 3 is 1.03 bits per heavy atom. The smallest absolute Gasteiger partial charge is 0.463 e. The van der Waals surface area contributed by atoms with Gasteiger partial charge in [0.05, 0.1) is 13.2 Å². The normalized spacial score (nSPS) is 25.0. The van der Waals surface area contributed by atoms with Gasteiger partial charge in [-0.05, 0) is 51.4 Å². The molecule has 0 aromatic rings. The average Bonchev–Trinajstić information content (AvgIpc) is 0.755. The van der Waals surface area contributed by atoms with Gasteiger partial charge in [-0.2, -0.15) is 0 Å². The van der Waals surface area contributed by atoms with Crippen LogP contribution < -0.4 is 0 Å². The number of allylic oxidation sites excluding steroid dienone is 2. The molecule has 18 unspecified atom stereocenters. The first-order valence-electron chi connectivity index (χ1n) is 47.4. The molecule has 3 aliphatic rings. The van der Waals surface area contributed by atoms with E-state index in [-0.39, 0.29) is 25.7 Å². The second-order valence-electron chi connectivity index (χ2n) is 33.9. The minimum Gasteiger partial charge on any atom is -0.463 e. The lowest BCUT2D eigenvalue weighted by atomic mass is 9.84. The Morgan fingerprint density at radius 2 is 0.641 bits per heavy atom. The van der Waals surface area contributed by atoms with Crippen LogP contribution in [0, 0.1) is 0 Å². The fourth-order valence-electron chi connectivity index (χ4n) is 15.7. The maximum atomic E-state index is 14.9. The number of hydrogen-bond acceptors (Lipinski definition) is 24. The number of carbonyl (C=O) groups excluding carboxylic acids is 4. The van der Waals surface area contributed by atoms with Crippen molar-refractivity contribution < 1.29 is 122 Å². The van der Waals surface area contributed by atoms with Gasteiger partial charge in [-0.15, -0.1) is 0 Å². The van der Waals surface area contributed by atoms with E-state index in [4.69, 9.17) is 46.9 Å². The van der Waals surface area contributed by atoms with E-state index in [0.717, 1.165) is 148 Å². The van der Waals surface area contributed by atoms with Crippen LogP contribution in [-0.2, 0) is 70.7 Å². The Balaban J connectivity index is 1.92. The number of unbranched alkanes of at least 4 members (excludes halogenated alkanes) is 51. The molecule has 0 spiro atoms. The van der Waals surface area contributed by atoms with E-state index in [9.17, 15) is 74.6 Å². The van der Waals surface area contributed by atoms with Crippen molar-refractivity contribution in [3.05, 3.63) is 12.2 Å². The molecule has 1 aliphatic carbocycles. The molecule has 0 bridgehead atoms. The number of rotatable bonds is 77. The molecule has 2 aliphatic heterocycles. The third-order valence-corrected chi connectivity index (χ3v) is 24.3. The number of ether oxygens (including phenoxy) is 8. The molecule has 688 valence electrons. The first-order chi connectivity index (χ1) is 56.7. The molecule has 0 aromatic heterocycles. The maximum absolute atomic E-state index is 14.9. The molecule has 0 aromatic carbocycles. The lowest BCUT2D eigenvalue weighted by molar-refractivity contribution is -0.360. The van der Waals surface area contributed by atoms with Gasteiger partial charge in [0.2, 0.25) is 0 Å². The van der Waals surface area contributed by atoms with Crippen LogP contribution in [0.1, 0.15) is 413 Å². The zero-order chi connectivity index (χ0) is 85.4. The topological polar surface area (TPSA) is 380 Å². The Morgan fingerprint density at radius 1 is 0.333 bits per heavy atom. The van der Waals surface area contributed by atoms with E-state index in [1.54, 1.807) is 0 Å². The highest BCUT2D eigenvalue weighted by atomic mass is 31.2. The average molecular weight is 1690 g/mol. The summed E-state index contributed by atoms with van der Waals surface area (Å²) in [7, 11) is -5.80. The summed E-state index contributed by atoms with van der Waals surface area (Å²) in [5, 5.41) is 102. The van der Waals surface area contributed by atoms with Gasteiger partial charge in [0.25, 0.3) is 0 Å². The van der Waals surface area contributed by atoms with Gasteiger partial charge in [-0.1, -0.05) is 348 Å². The van der Waals surface area contributed by atoms with Crippen LogP contribution in [-0.4, -0.2) is 205 Å². The first kappa shape index (κ1) is 108. The van der Waals surface area contributed by atoms with Crippen molar-refractivity contribution >= 4 is 31.7 Å². The third kappa shape index (κ3) is 50.7. The van der Waals surface area contributed by atoms with Crippen molar-refractivity contribution in [3.8, 4) is 0 Å². The SMILES string of the molecule is CCCCCC/C=C\CCCCCCCCCC(=O)OCC(COP(=O)(O)OC1C(OC2OC(CO)C(O)C(O)C2O)C(O)C(O)C(OC(=O)CCCCCCCCCCCCCCCCC)C1OC1OC(COC(=O)CCCCCCCCCCCCCCC)C(O)C(O)C1O)OC(=O)CCCCCCCCCCCCCCCCC. The van der Waals surface area contributed by atoms with Crippen LogP contribution in [0.15, 0.2) is 12.2 Å². The van der Waals surface area contributed by atoms with Crippen molar-refractivity contribution in [3.63, 3.8) is 0 Å². The van der Waals surface area contributed by atoms with Crippen molar-refractivity contribution in [2.75, 3.05) is 26.4 Å². The van der Waals surface area contributed by atoms with Gasteiger partial charge < -0.3 is 88.7 Å². The van der Waals surface area contributed by atoms with E-state index in [2.05, 4.69) is 39.8 Å². The Labute approximate surface area is 705 Å². The summed E-state index contributed by atoms with van der Waals surface area (Å²) in [6, 6.07) is 0. The molecule has 3 rings (SSSR count). The molecular weight excluding hydrogens is 1520 g/mol. The Kier molecular flexibility index (Phi) is 65.3. The molecule has 18 atom stereocenters. The zero-order valence-electron chi connectivity index (χ0n) is 73.3. The molecule has 0 radical (unpaired) electrons. The summed E-state index contributed by atoms with van der Waals surface area (Å²) >= 11 is 0. The van der Waals surface area contributed by atoms with Crippen LogP contribution in [0.25, 0.3) is 0 Å². The van der Waals surface area contributed by atoms with Crippen molar-refractivity contribution in [2.24, 2.45) is 0 Å². The Bertz CT molecular complexity index is 2480. The van der Waals surface area contributed by atoms with E-state index in [1.807, 2.05) is 0 Å². The lowest BCUT2D eigenvalue weighted by Gasteiger charge is -2.50. The minimum atomic E-state index is -5.80. The van der Waals surface area contributed by atoms with E-state index in [1.165, 1.54) is 180 Å². The zero-order valence-corrected chi connectivity index (χ0v) is 74.2. The van der Waals surface area contributed by atoms with Gasteiger partial charge in [-0.3, -0.25) is 28.2 Å². The molecule has 10 N–H and O–H groups in total. The highest BCUT2D eigenvalue weighted by molar-refractivity contribution is 7.47. The summed E-state index contributed by atoms with van der Waals surface area (Å²) in [4.78, 5) is 66.5. The van der Waals surface area contributed by atoms with Gasteiger partial charge in [0, 0.05) is 25.7 Å². The number of phosphoric acid groups is 1. The Hall–Kier alpha value is -2.79. The summed E-state index contributed by atoms with van der Waals surface area (Å²) in [5.74, 6) is -2.95. The number of aliphatic hydroxyl groups is 9. The second kappa shape index (κ2) is 70.5. The number of esters is 4. The van der Waals surface area contributed by atoms with Crippen LogP contribution in [0.2, 0.25) is 0 Å². The summed E-state index contributed by atoms with van der Waals surface area (Å²) in [5.41, 5.74) is 0. The van der Waals surface area contributed by atoms with Crippen LogP contribution in [0.3, 0.4) is 0 Å². The summed E-state index contributed by atoms with van der Waals surface area (Å²) in [6.45, 7) is 5.61. The molecule has 117 heavy (non-hydrogen) atoms. The van der Waals surface area contributed by atoms with Gasteiger partial charge in [0.15, 0.2) is 24.8 Å². The monoisotopic (exact) mass is 1690 g/mol. The lowest BCUT2D eigenvalue weighted by Crippen LogP contribution is -2.70. The largest absolute Gasteiger partial charge is 0.472 e. The van der Waals surface area contributed by atoms with Crippen molar-refractivity contribution in [1.82, 2.24) is 0 Å². The number of aliphatic hydroxyl groups excluding tert-OH is 9. The number of carbonyl (C=O) groups is 4. The first-order valence-corrected chi connectivity index (χ1v) is 48.9. The fourth-order valence-corrected chi connectivity index (χ4v) is 16.7. The van der Waals surface area contributed by atoms with E-state index < -0.39 is 162 Å². The molecule has 0 amide bonds. The standard InChI is InChI=1S/C91H169O25P/c1-5-9-13-17-21-25-29-33-36-40-44-47-51-55-59-63-74(93)107-68-71(110-76(95)65-61-57-53-49-45-41-37-34-30-26-22-18-14-10-6-2)69-109-117(105,106)116-89-87(114-90-84(103)80(99)78(97)72(67-92)111-90)83(102)82(101)86(113-77(96)66-62-58-54-50-46-42-38-35-31-27-23-19-15-11-7-3)88(89)115-91-85(104)81(100)79(98)73(112-91)70-108-75(94)64-60-56-52-48-43-39-32-28-24-20-16-12-8-4/h25,29,71-73,78-92,97-104H,5-24,26-28,30-70H2,1-4H3,(H,105,106)/b29-25-. The van der Waals surface area contributed by atoms with E-state index in [0.29, 0.717) is 32.1 Å². The quantitative estimate of drug-likeness (QED) is 0.00889. The predicted molar refractivity (Wildman–Crippen MR) is 453 cm³/mol. The van der Waals surface area contributed by atoms with Gasteiger partial charge in [-0.25, -0.2) is 4.57 Å². The molecule has 26 heteroatoms. The minimum absolute atomic E-state index is 0.0186. The molecule has 2 saturated heterocycles. The second-order valence-corrected chi connectivity index (χ2v) is 35.3. The molecule has 2 heterocycles. The van der Waals surface area contributed by atoms with E-state index >= 15 is 0 Å². The predicted octanol–water partition coefficient (Wildman–Crippen LogP) is 17.6. The summed E-state index contributed by atoms with van der Waals surface area (Å²) < 4.78 is 73.5. The highest BCUT2D eigenvalue weighted by Gasteiger charge is 2.60. The molecular formula is C91H169O25P. The summed E-state index contributed by atoms with van der Waals surface area (Å²) in [6.07, 6.45) is 29.1. The molecule has 25 nitrogen and oxygen atoms in total. The molecule has 1 saturated carbocycles. The van der Waals surface area contributed by atoms with Crippen molar-refractivity contribution in [2.45, 2.75) is 517 Å². The van der Waals surface area contributed by atoms with Crippen LogP contribution in [0.4, 0.5) is 0 Å². The van der Waals surface area contributed by atoms with Gasteiger partial charge in [0.1, 0.15) is 92.6 Å².